The van der Waals surface area contributed by atoms with Crippen molar-refractivity contribution < 1.29 is 4.79 Å². The minimum atomic E-state index is -0.0532. The second kappa shape index (κ2) is 7.87. The van der Waals surface area contributed by atoms with Crippen LogP contribution in [-0.4, -0.2) is 26.1 Å². The maximum atomic E-state index is 13.0. The zero-order valence-corrected chi connectivity index (χ0v) is 17.5. The summed E-state index contributed by atoms with van der Waals surface area (Å²) in [7, 11) is 0. The van der Waals surface area contributed by atoms with Gasteiger partial charge in [0.2, 0.25) is 0 Å². The van der Waals surface area contributed by atoms with Crippen LogP contribution >= 0.6 is 11.8 Å². The van der Waals surface area contributed by atoms with Gasteiger partial charge in [-0.3, -0.25) is 14.2 Å². The van der Waals surface area contributed by atoms with Gasteiger partial charge < -0.3 is 4.98 Å². The van der Waals surface area contributed by atoms with Crippen molar-refractivity contribution in [1.29, 1.82) is 0 Å². The minimum absolute atomic E-state index is 0.0310. The standard InChI is InChI=1S/C23H23N3O2S/c1-14(2)12-26-22(28)17-9-5-7-11-19(17)25-23(26)29-13-20(27)21-15(3)24-18-10-6-4-8-16(18)21/h4-11,14,24H,12-13H2,1-3H3. The number of carbonyl (C=O) groups is 1. The van der Waals surface area contributed by atoms with Crippen LogP contribution in [0.1, 0.15) is 29.9 Å². The molecule has 29 heavy (non-hydrogen) atoms. The van der Waals surface area contributed by atoms with Crippen LogP contribution in [-0.2, 0) is 6.54 Å². The van der Waals surface area contributed by atoms with Crippen molar-refractivity contribution >= 4 is 39.4 Å². The average Bonchev–Trinajstić information content (AvgIpc) is 3.04. The van der Waals surface area contributed by atoms with E-state index < -0.39 is 0 Å². The number of benzene rings is 2. The first-order valence-electron chi connectivity index (χ1n) is 9.68. The van der Waals surface area contributed by atoms with Crippen molar-refractivity contribution in [3.8, 4) is 0 Å². The van der Waals surface area contributed by atoms with E-state index in [4.69, 9.17) is 4.98 Å². The van der Waals surface area contributed by atoms with Gasteiger partial charge in [-0.1, -0.05) is 55.9 Å². The molecule has 0 bridgehead atoms. The smallest absolute Gasteiger partial charge is 0.262 e. The number of ketones is 1. The highest BCUT2D eigenvalue weighted by Crippen LogP contribution is 2.25. The van der Waals surface area contributed by atoms with Gasteiger partial charge in [0.05, 0.1) is 16.7 Å². The van der Waals surface area contributed by atoms with Crippen molar-refractivity contribution in [1.82, 2.24) is 14.5 Å². The summed E-state index contributed by atoms with van der Waals surface area (Å²) in [6, 6.07) is 15.2. The molecule has 4 rings (SSSR count). The van der Waals surface area contributed by atoms with E-state index in [1.807, 2.05) is 49.4 Å². The van der Waals surface area contributed by atoms with E-state index in [0.717, 1.165) is 16.6 Å². The van der Waals surface area contributed by atoms with Crippen LogP contribution in [0.2, 0.25) is 0 Å². The summed E-state index contributed by atoms with van der Waals surface area (Å²) < 4.78 is 1.70. The number of nitrogens with zero attached hydrogens (tertiary/aromatic N) is 2. The molecular weight excluding hydrogens is 382 g/mol. The number of rotatable bonds is 6. The predicted octanol–water partition coefficient (Wildman–Crippen LogP) is 4.82. The molecule has 5 nitrogen and oxygen atoms in total. The van der Waals surface area contributed by atoms with E-state index in [9.17, 15) is 9.59 Å². The van der Waals surface area contributed by atoms with E-state index in [1.165, 1.54) is 11.8 Å². The quantitative estimate of drug-likeness (QED) is 0.284. The van der Waals surface area contributed by atoms with E-state index in [2.05, 4.69) is 18.8 Å². The number of fused-ring (bicyclic) bond motifs is 2. The fraction of sp³-hybridized carbons (Fsp3) is 0.261. The van der Waals surface area contributed by atoms with Crippen LogP contribution in [0.25, 0.3) is 21.8 Å². The number of nitrogens with one attached hydrogen (secondary N) is 1. The molecule has 2 aromatic heterocycles. The topological polar surface area (TPSA) is 67.8 Å². The number of aryl methyl sites for hydroxylation is 1. The summed E-state index contributed by atoms with van der Waals surface area (Å²) >= 11 is 1.33. The normalized spacial score (nSPS) is 11.6. The van der Waals surface area contributed by atoms with Crippen molar-refractivity contribution in [2.75, 3.05) is 5.75 Å². The Hall–Kier alpha value is -2.86. The lowest BCUT2D eigenvalue weighted by molar-refractivity contribution is 0.102. The Morgan fingerprint density at radius 2 is 1.79 bits per heavy atom. The van der Waals surface area contributed by atoms with Gasteiger partial charge in [-0.15, -0.1) is 0 Å². The zero-order chi connectivity index (χ0) is 20.5. The summed E-state index contributed by atoms with van der Waals surface area (Å²) in [6.45, 7) is 6.62. The summed E-state index contributed by atoms with van der Waals surface area (Å²) in [5.41, 5.74) is 3.15. The Bertz CT molecular complexity index is 1270. The third-order valence-corrected chi connectivity index (χ3v) is 5.86. The third-order valence-electron chi connectivity index (χ3n) is 4.88. The molecule has 0 unspecified atom stereocenters. The highest BCUT2D eigenvalue weighted by molar-refractivity contribution is 7.99. The zero-order valence-electron chi connectivity index (χ0n) is 16.7. The maximum absolute atomic E-state index is 13.0. The first kappa shape index (κ1) is 19.5. The number of aromatic nitrogens is 3. The molecule has 0 aliphatic heterocycles. The molecule has 0 spiro atoms. The molecule has 0 aliphatic rings. The largest absolute Gasteiger partial charge is 0.358 e. The number of aromatic amines is 1. The second-order valence-electron chi connectivity index (χ2n) is 7.60. The summed E-state index contributed by atoms with van der Waals surface area (Å²) in [4.78, 5) is 34.0. The fourth-order valence-corrected chi connectivity index (χ4v) is 4.50. The van der Waals surface area contributed by atoms with Crippen molar-refractivity contribution in [3.05, 3.63) is 70.1 Å². The van der Waals surface area contributed by atoms with Gasteiger partial charge >= 0.3 is 0 Å². The molecule has 148 valence electrons. The van der Waals surface area contributed by atoms with E-state index >= 15 is 0 Å². The van der Waals surface area contributed by atoms with E-state index in [1.54, 1.807) is 10.6 Å². The lowest BCUT2D eigenvalue weighted by Crippen LogP contribution is -2.25. The molecule has 2 heterocycles. The number of hydrogen-bond donors (Lipinski definition) is 1. The SMILES string of the molecule is Cc1[nH]c2ccccc2c1C(=O)CSc1nc2ccccc2c(=O)n1CC(C)C. The molecular formula is C23H23N3O2S. The van der Waals surface area contributed by atoms with Crippen LogP contribution in [0.3, 0.4) is 0 Å². The number of Topliss-reactive ketones (excluding diaryl/α,β-unsaturated/α-hetero) is 1. The molecule has 0 saturated heterocycles. The van der Waals surface area contributed by atoms with Gasteiger partial charge in [0, 0.05) is 28.7 Å². The molecule has 4 aromatic rings. The monoisotopic (exact) mass is 405 g/mol. The van der Waals surface area contributed by atoms with Gasteiger partial charge in [0.1, 0.15) is 0 Å². The molecule has 0 radical (unpaired) electrons. The first-order chi connectivity index (χ1) is 14.0. The third kappa shape index (κ3) is 3.72. The Morgan fingerprint density at radius 3 is 2.55 bits per heavy atom. The Kier molecular flexibility index (Phi) is 5.28. The summed E-state index contributed by atoms with van der Waals surface area (Å²) in [5.74, 6) is 0.552. The molecule has 0 saturated carbocycles. The summed E-state index contributed by atoms with van der Waals surface area (Å²) in [5, 5.41) is 2.13. The Morgan fingerprint density at radius 1 is 1.10 bits per heavy atom. The van der Waals surface area contributed by atoms with E-state index in [0.29, 0.717) is 34.1 Å². The summed E-state index contributed by atoms with van der Waals surface area (Å²) in [6.07, 6.45) is 0. The number of H-pyrrole nitrogens is 1. The molecule has 2 aromatic carbocycles. The van der Waals surface area contributed by atoms with Gasteiger partial charge in [-0.05, 0) is 31.0 Å². The average molecular weight is 406 g/mol. The Balaban J connectivity index is 1.69. The van der Waals surface area contributed by atoms with Gasteiger partial charge in [-0.2, -0.15) is 0 Å². The Labute approximate surface area is 173 Å². The van der Waals surface area contributed by atoms with Crippen molar-refractivity contribution in [3.63, 3.8) is 0 Å². The van der Waals surface area contributed by atoms with Crippen molar-refractivity contribution in [2.24, 2.45) is 5.92 Å². The first-order valence-corrected chi connectivity index (χ1v) is 10.7. The van der Waals surface area contributed by atoms with Crippen LogP contribution in [0.15, 0.2) is 58.5 Å². The maximum Gasteiger partial charge on any atom is 0.262 e. The van der Waals surface area contributed by atoms with E-state index in [-0.39, 0.29) is 17.1 Å². The van der Waals surface area contributed by atoms with Crippen LogP contribution in [0.4, 0.5) is 0 Å². The number of carbonyl (C=O) groups excluding carboxylic acids is 1. The lowest BCUT2D eigenvalue weighted by Gasteiger charge is -2.14. The van der Waals surface area contributed by atoms with Gasteiger partial charge in [0.25, 0.3) is 5.56 Å². The lowest BCUT2D eigenvalue weighted by atomic mass is 10.1. The molecule has 0 amide bonds. The molecule has 0 fully saturated rings. The number of hydrogen-bond acceptors (Lipinski definition) is 4. The van der Waals surface area contributed by atoms with Crippen LogP contribution in [0, 0.1) is 12.8 Å². The van der Waals surface area contributed by atoms with Crippen LogP contribution < -0.4 is 5.56 Å². The molecule has 6 heteroatoms. The minimum Gasteiger partial charge on any atom is -0.358 e. The van der Waals surface area contributed by atoms with Crippen LogP contribution in [0.5, 0.6) is 0 Å². The van der Waals surface area contributed by atoms with Gasteiger partial charge in [-0.25, -0.2) is 4.98 Å². The predicted molar refractivity (Wildman–Crippen MR) is 119 cm³/mol. The molecule has 1 N–H and O–H groups in total. The van der Waals surface area contributed by atoms with Gasteiger partial charge in [0.15, 0.2) is 10.9 Å². The number of para-hydroxylation sites is 2. The highest BCUT2D eigenvalue weighted by atomic mass is 32.2. The van der Waals surface area contributed by atoms with Crippen molar-refractivity contribution in [2.45, 2.75) is 32.5 Å². The number of thioether (sulfide) groups is 1. The fourth-order valence-electron chi connectivity index (χ4n) is 3.62. The molecule has 0 atom stereocenters. The molecule has 0 aliphatic carbocycles. The second-order valence-corrected chi connectivity index (χ2v) is 8.55. The highest BCUT2D eigenvalue weighted by Gasteiger charge is 2.18.